The third-order valence-corrected chi connectivity index (χ3v) is 4.27. The lowest BCUT2D eigenvalue weighted by molar-refractivity contribution is 0.511. The van der Waals surface area contributed by atoms with Gasteiger partial charge in [0.05, 0.1) is 11.7 Å². The van der Waals surface area contributed by atoms with Gasteiger partial charge in [0, 0.05) is 17.6 Å². The van der Waals surface area contributed by atoms with E-state index in [1.807, 2.05) is 6.20 Å². The topological polar surface area (TPSA) is 29.9 Å². The minimum atomic E-state index is 0.218. The van der Waals surface area contributed by atoms with Gasteiger partial charge in [0.1, 0.15) is 0 Å². The summed E-state index contributed by atoms with van der Waals surface area (Å²) in [5.74, 6) is 0. The maximum atomic E-state index is 4.47. The van der Waals surface area contributed by atoms with Gasteiger partial charge in [-0.05, 0) is 49.4 Å². The maximum Gasteiger partial charge on any atom is 0.0748 e. The van der Waals surface area contributed by atoms with Gasteiger partial charge in [-0.25, -0.2) is 0 Å². The number of benzene rings is 1. The summed E-state index contributed by atoms with van der Waals surface area (Å²) in [6.07, 6.45) is 6.24. The van der Waals surface area contributed by atoms with Crippen molar-refractivity contribution in [2.45, 2.75) is 44.2 Å². The number of thioether (sulfide) groups is 1. The van der Waals surface area contributed by atoms with E-state index in [0.29, 0.717) is 0 Å². The lowest BCUT2D eigenvalue weighted by Crippen LogP contribution is -2.26. The van der Waals surface area contributed by atoms with Crippen LogP contribution in [-0.2, 0) is 6.54 Å². The summed E-state index contributed by atoms with van der Waals surface area (Å²) in [5.41, 5.74) is 2.56. The van der Waals surface area contributed by atoms with Crippen LogP contribution in [0.5, 0.6) is 0 Å². The molecule has 0 fully saturated rings. The van der Waals surface area contributed by atoms with Crippen LogP contribution in [0.25, 0.3) is 0 Å². The van der Waals surface area contributed by atoms with Gasteiger partial charge in [-0.1, -0.05) is 26.0 Å². The molecule has 0 radical (unpaired) electrons. The van der Waals surface area contributed by atoms with Crippen LogP contribution in [0.15, 0.2) is 41.4 Å². The summed E-state index contributed by atoms with van der Waals surface area (Å²) >= 11 is 1.78. The van der Waals surface area contributed by atoms with E-state index in [0.717, 1.165) is 25.9 Å². The highest BCUT2D eigenvalue weighted by atomic mass is 32.2. The van der Waals surface area contributed by atoms with Crippen molar-refractivity contribution in [3.63, 3.8) is 0 Å². The van der Waals surface area contributed by atoms with Gasteiger partial charge >= 0.3 is 0 Å². The van der Waals surface area contributed by atoms with Gasteiger partial charge in [0.15, 0.2) is 0 Å². The fourth-order valence-corrected chi connectivity index (χ4v) is 2.87. The zero-order valence-electron chi connectivity index (χ0n) is 13.2. The monoisotopic (exact) mass is 303 g/mol. The van der Waals surface area contributed by atoms with Crippen molar-refractivity contribution >= 4 is 11.8 Å². The van der Waals surface area contributed by atoms with Crippen LogP contribution in [0.4, 0.5) is 0 Å². The number of nitrogens with one attached hydrogen (secondary N) is 1. The van der Waals surface area contributed by atoms with E-state index in [1.165, 1.54) is 16.2 Å². The lowest BCUT2D eigenvalue weighted by atomic mass is 10.0. The molecule has 3 nitrogen and oxygen atoms in total. The molecule has 0 aliphatic rings. The first kappa shape index (κ1) is 16.1. The van der Waals surface area contributed by atoms with Crippen LogP contribution in [-0.4, -0.2) is 22.6 Å². The number of aryl methyl sites for hydroxylation is 1. The van der Waals surface area contributed by atoms with E-state index in [2.05, 4.69) is 65.5 Å². The predicted octanol–water partition coefficient (Wildman–Crippen LogP) is 4.10. The first-order valence-corrected chi connectivity index (χ1v) is 8.91. The van der Waals surface area contributed by atoms with E-state index in [1.54, 1.807) is 11.8 Å². The van der Waals surface area contributed by atoms with Gasteiger partial charge in [0.25, 0.3) is 0 Å². The number of hydrogen-bond donors (Lipinski definition) is 1. The molecule has 0 saturated heterocycles. The zero-order chi connectivity index (χ0) is 15.1. The first-order chi connectivity index (χ1) is 10.3. The quantitative estimate of drug-likeness (QED) is 0.745. The van der Waals surface area contributed by atoms with Crippen molar-refractivity contribution in [3.8, 4) is 0 Å². The van der Waals surface area contributed by atoms with Crippen LogP contribution in [0.3, 0.4) is 0 Å². The molecule has 0 aliphatic carbocycles. The van der Waals surface area contributed by atoms with Crippen molar-refractivity contribution in [1.29, 1.82) is 0 Å². The van der Waals surface area contributed by atoms with Crippen molar-refractivity contribution in [2.24, 2.45) is 0 Å². The molecule has 1 heterocycles. The molecule has 1 aromatic heterocycles. The van der Waals surface area contributed by atoms with Crippen LogP contribution >= 0.6 is 11.8 Å². The van der Waals surface area contributed by atoms with Crippen LogP contribution in [0.2, 0.25) is 0 Å². The Morgan fingerprint density at radius 2 is 1.90 bits per heavy atom. The van der Waals surface area contributed by atoms with Crippen molar-refractivity contribution in [1.82, 2.24) is 15.1 Å². The molecular weight excluding hydrogens is 278 g/mol. The Bertz CT molecular complexity index is 533. The predicted molar refractivity (Wildman–Crippen MR) is 90.9 cm³/mol. The third kappa shape index (κ3) is 4.11. The minimum absolute atomic E-state index is 0.218. The average Bonchev–Trinajstić information content (AvgIpc) is 2.97. The van der Waals surface area contributed by atoms with Crippen LogP contribution < -0.4 is 5.32 Å². The van der Waals surface area contributed by atoms with Gasteiger partial charge < -0.3 is 5.32 Å². The highest BCUT2D eigenvalue weighted by Crippen LogP contribution is 2.24. The molecule has 1 atom stereocenters. The Balaban J connectivity index is 2.29. The number of hydrogen-bond acceptors (Lipinski definition) is 3. The van der Waals surface area contributed by atoms with Gasteiger partial charge in [-0.15, -0.1) is 11.8 Å². The molecule has 0 aliphatic heterocycles. The van der Waals surface area contributed by atoms with Gasteiger partial charge in [0.2, 0.25) is 0 Å². The summed E-state index contributed by atoms with van der Waals surface area (Å²) in [6.45, 7) is 6.36. The second-order valence-electron chi connectivity index (χ2n) is 5.14. The molecular formula is C17H25N3S. The molecule has 21 heavy (non-hydrogen) atoms. The molecule has 114 valence electrons. The van der Waals surface area contributed by atoms with Gasteiger partial charge in [-0.2, -0.15) is 5.10 Å². The van der Waals surface area contributed by atoms with E-state index >= 15 is 0 Å². The Hall–Kier alpha value is -1.26. The summed E-state index contributed by atoms with van der Waals surface area (Å²) in [7, 11) is 0. The zero-order valence-corrected chi connectivity index (χ0v) is 14.0. The SMILES string of the molecule is CCCNC(c1ccc(SC)cc1)c1ccnn1CCC. The Morgan fingerprint density at radius 1 is 1.14 bits per heavy atom. The fourth-order valence-electron chi connectivity index (χ4n) is 2.46. The molecule has 1 aromatic carbocycles. The summed E-state index contributed by atoms with van der Waals surface area (Å²) in [5, 5.41) is 8.12. The Kier molecular flexibility index (Phi) is 6.33. The van der Waals surface area contributed by atoms with E-state index in [9.17, 15) is 0 Å². The summed E-state index contributed by atoms with van der Waals surface area (Å²) < 4.78 is 2.12. The van der Waals surface area contributed by atoms with Crippen LogP contribution in [0.1, 0.15) is 44.0 Å². The molecule has 0 amide bonds. The fraction of sp³-hybridized carbons (Fsp3) is 0.471. The average molecular weight is 303 g/mol. The molecule has 0 saturated carbocycles. The molecule has 2 aromatic rings. The van der Waals surface area contributed by atoms with E-state index in [4.69, 9.17) is 0 Å². The maximum absolute atomic E-state index is 4.47. The lowest BCUT2D eigenvalue weighted by Gasteiger charge is -2.20. The molecule has 2 rings (SSSR count). The van der Waals surface area contributed by atoms with Crippen molar-refractivity contribution in [2.75, 3.05) is 12.8 Å². The highest BCUT2D eigenvalue weighted by Gasteiger charge is 2.17. The summed E-state index contributed by atoms with van der Waals surface area (Å²) in [4.78, 5) is 1.30. The highest BCUT2D eigenvalue weighted by molar-refractivity contribution is 7.98. The Morgan fingerprint density at radius 3 is 2.52 bits per heavy atom. The van der Waals surface area contributed by atoms with E-state index < -0.39 is 0 Å². The van der Waals surface area contributed by atoms with Gasteiger partial charge in [-0.3, -0.25) is 4.68 Å². The molecule has 4 heteroatoms. The molecule has 1 unspecified atom stereocenters. The Labute approximate surface area is 132 Å². The molecule has 1 N–H and O–H groups in total. The minimum Gasteiger partial charge on any atom is -0.305 e. The van der Waals surface area contributed by atoms with E-state index in [-0.39, 0.29) is 6.04 Å². The second-order valence-corrected chi connectivity index (χ2v) is 6.02. The summed E-state index contributed by atoms with van der Waals surface area (Å²) in [6, 6.07) is 11.2. The molecule has 0 bridgehead atoms. The third-order valence-electron chi connectivity index (χ3n) is 3.53. The number of rotatable bonds is 8. The standard InChI is InChI=1S/C17H25N3S/c1-4-11-18-17(14-6-8-15(21-3)9-7-14)16-10-12-19-20(16)13-5-2/h6-10,12,17-18H,4-5,11,13H2,1-3H3. The normalized spacial score (nSPS) is 12.5. The smallest absolute Gasteiger partial charge is 0.0748 e. The largest absolute Gasteiger partial charge is 0.305 e. The number of aromatic nitrogens is 2. The van der Waals surface area contributed by atoms with Crippen molar-refractivity contribution < 1.29 is 0 Å². The van der Waals surface area contributed by atoms with Crippen LogP contribution in [0, 0.1) is 0 Å². The second kappa shape index (κ2) is 8.25. The van der Waals surface area contributed by atoms with Crippen molar-refractivity contribution in [3.05, 3.63) is 47.8 Å². The molecule has 0 spiro atoms. The first-order valence-electron chi connectivity index (χ1n) is 7.69. The number of nitrogens with zero attached hydrogens (tertiary/aromatic N) is 2.